The highest BCUT2D eigenvalue weighted by atomic mass is 35.5. The standard InChI is InChI=1S/C16H14ClN3/c1-11-3-2-10-20-14(11)18-19-15(20)16(8-9-16)12-4-6-13(17)7-5-12/h2-7,10H,8-9H2,1H3. The van der Waals surface area contributed by atoms with Gasteiger partial charge in [0.2, 0.25) is 0 Å². The van der Waals surface area contributed by atoms with Crippen molar-refractivity contribution in [2.24, 2.45) is 0 Å². The Morgan fingerprint density at radius 3 is 2.55 bits per heavy atom. The van der Waals surface area contributed by atoms with Crippen LogP contribution < -0.4 is 0 Å². The number of rotatable bonds is 2. The van der Waals surface area contributed by atoms with Gasteiger partial charge in [-0.15, -0.1) is 10.2 Å². The topological polar surface area (TPSA) is 30.2 Å². The minimum absolute atomic E-state index is 0.0117. The molecule has 1 aromatic carbocycles. The monoisotopic (exact) mass is 283 g/mol. The van der Waals surface area contributed by atoms with Crippen LogP contribution >= 0.6 is 11.6 Å². The molecule has 4 heteroatoms. The predicted octanol–water partition coefficient (Wildman–Crippen LogP) is 3.77. The first-order chi connectivity index (χ1) is 9.71. The fourth-order valence-corrected chi connectivity index (χ4v) is 3.04. The summed E-state index contributed by atoms with van der Waals surface area (Å²) in [5.74, 6) is 1.04. The second-order valence-electron chi connectivity index (χ2n) is 5.50. The molecule has 2 heterocycles. The Balaban J connectivity index is 1.90. The maximum absolute atomic E-state index is 5.99. The van der Waals surface area contributed by atoms with E-state index in [2.05, 4.69) is 39.7 Å². The molecule has 0 aliphatic heterocycles. The lowest BCUT2D eigenvalue weighted by Gasteiger charge is -2.14. The summed E-state index contributed by atoms with van der Waals surface area (Å²) in [5, 5.41) is 9.59. The predicted molar refractivity (Wildman–Crippen MR) is 79.2 cm³/mol. The molecule has 20 heavy (non-hydrogen) atoms. The number of halogens is 1. The van der Waals surface area contributed by atoms with Gasteiger partial charge in [0.25, 0.3) is 0 Å². The van der Waals surface area contributed by atoms with Gasteiger partial charge in [-0.05, 0) is 49.1 Å². The van der Waals surface area contributed by atoms with E-state index < -0.39 is 0 Å². The van der Waals surface area contributed by atoms with Crippen molar-refractivity contribution in [3.8, 4) is 0 Å². The second-order valence-corrected chi connectivity index (χ2v) is 5.93. The number of nitrogens with zero attached hydrogens (tertiary/aromatic N) is 3. The molecule has 0 amide bonds. The van der Waals surface area contributed by atoms with Gasteiger partial charge in [-0.25, -0.2) is 0 Å². The van der Waals surface area contributed by atoms with Crippen molar-refractivity contribution in [1.29, 1.82) is 0 Å². The van der Waals surface area contributed by atoms with Gasteiger partial charge in [-0.1, -0.05) is 29.8 Å². The van der Waals surface area contributed by atoms with Crippen molar-refractivity contribution < 1.29 is 0 Å². The van der Waals surface area contributed by atoms with E-state index in [1.807, 2.05) is 24.4 Å². The molecule has 0 N–H and O–H groups in total. The maximum Gasteiger partial charge on any atom is 0.163 e. The van der Waals surface area contributed by atoms with Crippen LogP contribution in [0.15, 0.2) is 42.6 Å². The molecular weight excluding hydrogens is 270 g/mol. The molecule has 1 aliphatic rings. The summed E-state index contributed by atoms with van der Waals surface area (Å²) in [4.78, 5) is 0. The molecule has 1 aliphatic carbocycles. The van der Waals surface area contributed by atoms with Crippen molar-refractivity contribution in [3.05, 3.63) is 64.6 Å². The van der Waals surface area contributed by atoms with Crippen molar-refractivity contribution in [3.63, 3.8) is 0 Å². The minimum atomic E-state index is 0.0117. The van der Waals surface area contributed by atoms with Gasteiger partial charge in [0.1, 0.15) is 5.82 Å². The minimum Gasteiger partial charge on any atom is -0.285 e. The van der Waals surface area contributed by atoms with Crippen LogP contribution in [0.25, 0.3) is 5.65 Å². The first kappa shape index (κ1) is 11.9. The normalized spacial score (nSPS) is 16.5. The molecular formula is C16H14ClN3. The lowest BCUT2D eigenvalue weighted by molar-refractivity contribution is 0.740. The summed E-state index contributed by atoms with van der Waals surface area (Å²) in [7, 11) is 0. The van der Waals surface area contributed by atoms with E-state index in [4.69, 9.17) is 11.6 Å². The molecule has 1 saturated carbocycles. The highest BCUT2D eigenvalue weighted by molar-refractivity contribution is 6.30. The van der Waals surface area contributed by atoms with Crippen LogP contribution in [0.4, 0.5) is 0 Å². The number of benzene rings is 1. The zero-order valence-electron chi connectivity index (χ0n) is 11.2. The molecule has 0 radical (unpaired) electrons. The third kappa shape index (κ3) is 1.59. The van der Waals surface area contributed by atoms with Gasteiger partial charge in [0.15, 0.2) is 5.65 Å². The molecule has 1 fully saturated rings. The lowest BCUT2D eigenvalue weighted by atomic mass is 9.95. The Kier molecular flexibility index (Phi) is 2.42. The highest BCUT2D eigenvalue weighted by Gasteiger charge is 2.49. The fraction of sp³-hybridized carbons (Fsp3) is 0.250. The van der Waals surface area contributed by atoms with E-state index in [9.17, 15) is 0 Å². The Bertz CT molecular complexity index is 785. The fourth-order valence-electron chi connectivity index (χ4n) is 2.91. The third-order valence-electron chi connectivity index (χ3n) is 4.20. The SMILES string of the molecule is Cc1cccn2c(C3(c4ccc(Cl)cc4)CC3)nnc12. The summed E-state index contributed by atoms with van der Waals surface area (Å²) >= 11 is 5.99. The van der Waals surface area contributed by atoms with Gasteiger partial charge in [-0.3, -0.25) is 4.40 Å². The molecule has 0 saturated heterocycles. The van der Waals surface area contributed by atoms with E-state index >= 15 is 0 Å². The van der Waals surface area contributed by atoms with Gasteiger partial charge < -0.3 is 0 Å². The van der Waals surface area contributed by atoms with Crippen molar-refractivity contribution in [2.75, 3.05) is 0 Å². The summed E-state index contributed by atoms with van der Waals surface area (Å²) in [5.41, 5.74) is 3.39. The number of aryl methyl sites for hydroxylation is 1. The highest BCUT2D eigenvalue weighted by Crippen LogP contribution is 2.52. The quantitative estimate of drug-likeness (QED) is 0.717. The van der Waals surface area contributed by atoms with Gasteiger partial charge in [-0.2, -0.15) is 0 Å². The number of hydrogen-bond acceptors (Lipinski definition) is 2. The lowest BCUT2D eigenvalue weighted by Crippen LogP contribution is -2.13. The summed E-state index contributed by atoms with van der Waals surface area (Å²) in [6, 6.07) is 12.2. The number of hydrogen-bond donors (Lipinski definition) is 0. The van der Waals surface area contributed by atoms with Crippen LogP contribution in [0.3, 0.4) is 0 Å². The zero-order chi connectivity index (χ0) is 13.7. The third-order valence-corrected chi connectivity index (χ3v) is 4.46. The van der Waals surface area contributed by atoms with Crippen molar-refractivity contribution >= 4 is 17.2 Å². The van der Waals surface area contributed by atoms with Crippen LogP contribution in [0, 0.1) is 6.92 Å². The number of fused-ring (bicyclic) bond motifs is 1. The van der Waals surface area contributed by atoms with Crippen LogP contribution in [0.5, 0.6) is 0 Å². The number of aromatic nitrogens is 3. The van der Waals surface area contributed by atoms with Crippen molar-refractivity contribution in [2.45, 2.75) is 25.2 Å². The van der Waals surface area contributed by atoms with E-state index in [1.54, 1.807) is 0 Å². The average Bonchev–Trinajstić information content (AvgIpc) is 3.13. The smallest absolute Gasteiger partial charge is 0.163 e. The summed E-state index contributed by atoms with van der Waals surface area (Å²) in [6.45, 7) is 2.07. The van der Waals surface area contributed by atoms with Crippen LogP contribution in [-0.2, 0) is 5.41 Å². The zero-order valence-corrected chi connectivity index (χ0v) is 11.9. The largest absolute Gasteiger partial charge is 0.285 e. The van der Waals surface area contributed by atoms with Crippen LogP contribution in [0.1, 0.15) is 29.8 Å². The average molecular weight is 284 g/mol. The number of pyridine rings is 1. The van der Waals surface area contributed by atoms with Gasteiger partial charge in [0, 0.05) is 11.2 Å². The van der Waals surface area contributed by atoms with Gasteiger partial charge in [0.05, 0.1) is 5.41 Å². The molecule has 3 aromatic rings. The van der Waals surface area contributed by atoms with Crippen molar-refractivity contribution in [1.82, 2.24) is 14.6 Å². The molecule has 0 spiro atoms. The molecule has 3 nitrogen and oxygen atoms in total. The first-order valence-electron chi connectivity index (χ1n) is 6.78. The molecule has 4 rings (SSSR count). The Labute approximate surface area is 122 Å². The Morgan fingerprint density at radius 2 is 1.85 bits per heavy atom. The van der Waals surface area contributed by atoms with Gasteiger partial charge >= 0.3 is 0 Å². The summed E-state index contributed by atoms with van der Waals surface area (Å²) < 4.78 is 2.12. The van der Waals surface area contributed by atoms with E-state index in [1.165, 1.54) is 5.56 Å². The Morgan fingerprint density at radius 1 is 1.10 bits per heavy atom. The molecule has 0 bridgehead atoms. The van der Waals surface area contributed by atoms with Crippen LogP contribution in [-0.4, -0.2) is 14.6 Å². The summed E-state index contributed by atoms with van der Waals surface area (Å²) in [6.07, 6.45) is 4.28. The molecule has 2 aromatic heterocycles. The van der Waals surface area contributed by atoms with Crippen LogP contribution in [0.2, 0.25) is 5.02 Å². The molecule has 0 unspecified atom stereocenters. The Hall–Kier alpha value is -1.87. The van der Waals surface area contributed by atoms with E-state index in [-0.39, 0.29) is 5.41 Å². The maximum atomic E-state index is 5.99. The van der Waals surface area contributed by atoms with E-state index in [0.717, 1.165) is 34.9 Å². The second kappa shape index (κ2) is 4.06. The molecule has 100 valence electrons. The first-order valence-corrected chi connectivity index (χ1v) is 7.15. The molecule has 0 atom stereocenters. The van der Waals surface area contributed by atoms with E-state index in [0.29, 0.717) is 0 Å².